The van der Waals surface area contributed by atoms with Crippen molar-refractivity contribution >= 4 is 21.4 Å². The van der Waals surface area contributed by atoms with Crippen molar-refractivity contribution in [1.29, 1.82) is 0 Å². The summed E-state index contributed by atoms with van der Waals surface area (Å²) in [5.41, 5.74) is 5.39. The molecular formula is C26H33N5O3S. The third kappa shape index (κ3) is 5.05. The lowest BCUT2D eigenvalue weighted by Gasteiger charge is -2.31. The summed E-state index contributed by atoms with van der Waals surface area (Å²) in [6.07, 6.45) is 7.61. The zero-order chi connectivity index (χ0) is 24.8. The number of anilines is 1. The van der Waals surface area contributed by atoms with Crippen LogP contribution in [0.15, 0.2) is 36.7 Å². The van der Waals surface area contributed by atoms with Gasteiger partial charge in [-0.2, -0.15) is 10.2 Å². The van der Waals surface area contributed by atoms with Gasteiger partial charge in [0.15, 0.2) is 15.5 Å². The van der Waals surface area contributed by atoms with Crippen LogP contribution in [0.3, 0.4) is 0 Å². The highest BCUT2D eigenvalue weighted by atomic mass is 32.2. The van der Waals surface area contributed by atoms with Crippen LogP contribution in [0.4, 0.5) is 5.69 Å². The van der Waals surface area contributed by atoms with E-state index in [9.17, 15) is 13.2 Å². The first-order valence-corrected chi connectivity index (χ1v) is 14.1. The quantitative estimate of drug-likeness (QED) is 0.554. The Hall–Kier alpha value is -2.94. The third-order valence-corrected chi connectivity index (χ3v) is 9.19. The molecule has 2 atom stereocenters. The Morgan fingerprint density at radius 2 is 2.14 bits per heavy atom. The predicted octanol–water partition coefficient (Wildman–Crippen LogP) is 4.10. The molecule has 1 fully saturated rings. The number of H-pyrrole nitrogens is 1. The first-order valence-electron chi connectivity index (χ1n) is 12.3. The van der Waals surface area contributed by atoms with Crippen molar-refractivity contribution in [3.05, 3.63) is 64.7 Å². The topological polar surface area (TPSA) is 110 Å². The van der Waals surface area contributed by atoms with E-state index in [1.807, 2.05) is 25.1 Å². The summed E-state index contributed by atoms with van der Waals surface area (Å²) in [6, 6.07) is 7.90. The van der Waals surface area contributed by atoms with Crippen molar-refractivity contribution in [1.82, 2.24) is 20.0 Å². The van der Waals surface area contributed by atoms with Gasteiger partial charge in [-0.15, -0.1) is 0 Å². The Balaban J connectivity index is 1.40. The fourth-order valence-electron chi connectivity index (χ4n) is 5.58. The Morgan fingerprint density at radius 3 is 2.91 bits per heavy atom. The van der Waals surface area contributed by atoms with Crippen LogP contribution < -0.4 is 5.32 Å². The number of sulfone groups is 1. The first kappa shape index (κ1) is 23.8. The maximum atomic E-state index is 13.1. The smallest absolute Gasteiger partial charge is 0.276 e. The number of nitrogens with one attached hydrogen (secondary N) is 2. The normalized spacial score (nSPS) is 21.7. The first-order chi connectivity index (χ1) is 16.6. The summed E-state index contributed by atoms with van der Waals surface area (Å²) in [4.78, 5) is 13.1. The average molecular weight is 496 g/mol. The van der Waals surface area contributed by atoms with E-state index >= 15 is 0 Å². The number of aryl methyl sites for hydroxylation is 1. The van der Waals surface area contributed by atoms with Crippen molar-refractivity contribution in [2.24, 2.45) is 11.3 Å². The van der Waals surface area contributed by atoms with Crippen LogP contribution in [0.1, 0.15) is 72.0 Å². The monoisotopic (exact) mass is 495 g/mol. The molecule has 2 aliphatic rings. The third-order valence-electron chi connectivity index (χ3n) is 7.35. The molecule has 2 N–H and O–H groups in total. The van der Waals surface area contributed by atoms with Gasteiger partial charge >= 0.3 is 0 Å². The molecule has 2 aromatic heterocycles. The van der Waals surface area contributed by atoms with Gasteiger partial charge in [-0.05, 0) is 55.9 Å². The molecule has 3 aromatic rings. The number of hydrogen-bond donors (Lipinski definition) is 2. The van der Waals surface area contributed by atoms with Crippen molar-refractivity contribution in [2.75, 3.05) is 16.8 Å². The van der Waals surface area contributed by atoms with E-state index in [4.69, 9.17) is 0 Å². The van der Waals surface area contributed by atoms with Crippen LogP contribution in [0.5, 0.6) is 0 Å². The lowest BCUT2D eigenvalue weighted by molar-refractivity contribution is 0.102. The summed E-state index contributed by atoms with van der Waals surface area (Å²) in [5.74, 6) is 0.0493. The van der Waals surface area contributed by atoms with Crippen LogP contribution in [0.2, 0.25) is 0 Å². The van der Waals surface area contributed by atoms with Gasteiger partial charge in [0.25, 0.3) is 5.91 Å². The number of benzene rings is 1. The average Bonchev–Trinajstić information content (AvgIpc) is 3.39. The summed E-state index contributed by atoms with van der Waals surface area (Å²) < 4.78 is 26.7. The molecule has 35 heavy (non-hydrogen) atoms. The SMILES string of the molecule is Cc1cccc(C(C2CCCS(=O)(=O)C2)n2cc(NC(=O)c3n[nH]c4c3CCC(C)(C)C4)cn2)c1. The fourth-order valence-corrected chi connectivity index (χ4v) is 7.36. The van der Waals surface area contributed by atoms with Crippen molar-refractivity contribution in [2.45, 2.75) is 58.9 Å². The number of hydrogen-bond acceptors (Lipinski definition) is 5. The molecule has 0 bridgehead atoms. The van der Waals surface area contributed by atoms with E-state index in [1.54, 1.807) is 17.1 Å². The number of carbonyl (C=O) groups is 1. The lowest BCUT2D eigenvalue weighted by Crippen LogP contribution is -2.32. The van der Waals surface area contributed by atoms with Crippen molar-refractivity contribution in [3.63, 3.8) is 0 Å². The molecule has 9 heteroatoms. The number of rotatable bonds is 5. The van der Waals surface area contributed by atoms with Crippen LogP contribution in [0, 0.1) is 18.3 Å². The molecule has 1 aliphatic heterocycles. The molecular weight excluding hydrogens is 462 g/mol. The second-order valence-corrected chi connectivity index (χ2v) is 13.1. The summed E-state index contributed by atoms with van der Waals surface area (Å²) >= 11 is 0. The van der Waals surface area contributed by atoms with Crippen LogP contribution in [-0.4, -0.2) is 45.8 Å². The molecule has 186 valence electrons. The maximum Gasteiger partial charge on any atom is 0.276 e. The molecule has 8 nitrogen and oxygen atoms in total. The minimum Gasteiger partial charge on any atom is -0.318 e. The number of fused-ring (bicyclic) bond motifs is 1. The molecule has 1 amide bonds. The number of nitrogens with zero attached hydrogens (tertiary/aromatic N) is 3. The highest BCUT2D eigenvalue weighted by molar-refractivity contribution is 7.91. The fraction of sp³-hybridized carbons (Fsp3) is 0.500. The standard InChI is InChI=1S/C26H33N5O3S/c1-17-6-4-7-18(12-17)24(19-8-5-11-35(33,34)16-19)31-15-20(14-27-31)28-25(32)23-21-9-10-26(2,3)13-22(21)29-30-23/h4,6-7,12,14-15,19,24H,5,8-11,13,16H2,1-3H3,(H,28,32)(H,29,30). The summed E-state index contributed by atoms with van der Waals surface area (Å²) in [6.45, 7) is 6.48. The second kappa shape index (κ2) is 8.93. The molecule has 1 aromatic carbocycles. The summed E-state index contributed by atoms with van der Waals surface area (Å²) in [7, 11) is -3.08. The highest BCUT2D eigenvalue weighted by Crippen LogP contribution is 2.36. The van der Waals surface area contributed by atoms with E-state index in [2.05, 4.69) is 40.5 Å². The Labute approximate surface area is 206 Å². The number of aromatic amines is 1. The maximum absolute atomic E-state index is 13.1. The van der Waals surface area contributed by atoms with E-state index < -0.39 is 9.84 Å². The van der Waals surface area contributed by atoms with Gasteiger partial charge in [-0.1, -0.05) is 43.7 Å². The molecule has 0 spiro atoms. The molecule has 3 heterocycles. The Morgan fingerprint density at radius 1 is 1.31 bits per heavy atom. The van der Waals surface area contributed by atoms with Gasteiger partial charge in [0.2, 0.25) is 0 Å². The zero-order valence-corrected chi connectivity index (χ0v) is 21.4. The van der Waals surface area contributed by atoms with Crippen LogP contribution in [0.25, 0.3) is 0 Å². The predicted molar refractivity (Wildman–Crippen MR) is 135 cm³/mol. The largest absolute Gasteiger partial charge is 0.318 e. The van der Waals surface area contributed by atoms with E-state index in [0.29, 0.717) is 17.8 Å². The van der Waals surface area contributed by atoms with Crippen molar-refractivity contribution < 1.29 is 13.2 Å². The second-order valence-electron chi connectivity index (χ2n) is 10.9. The van der Waals surface area contributed by atoms with Gasteiger partial charge in [0.1, 0.15) is 0 Å². The molecule has 2 unspecified atom stereocenters. The lowest BCUT2D eigenvalue weighted by atomic mass is 9.76. The van der Waals surface area contributed by atoms with E-state index in [-0.39, 0.29) is 34.8 Å². The molecule has 1 aliphatic carbocycles. The Kier molecular flexibility index (Phi) is 6.07. The summed E-state index contributed by atoms with van der Waals surface area (Å²) in [5, 5.41) is 14.9. The van der Waals surface area contributed by atoms with Gasteiger partial charge in [0, 0.05) is 17.5 Å². The van der Waals surface area contributed by atoms with E-state index in [1.165, 1.54) is 0 Å². The number of aromatic nitrogens is 4. The molecule has 1 saturated heterocycles. The van der Waals surface area contributed by atoms with E-state index in [0.717, 1.165) is 48.1 Å². The van der Waals surface area contributed by atoms with Crippen LogP contribution >= 0.6 is 0 Å². The molecule has 0 saturated carbocycles. The minimum absolute atomic E-state index is 0.0827. The van der Waals surface area contributed by atoms with Gasteiger partial charge in [-0.3, -0.25) is 14.6 Å². The molecule has 5 rings (SSSR count). The Bertz CT molecular complexity index is 1350. The minimum atomic E-state index is -3.08. The number of carbonyl (C=O) groups excluding carboxylic acids is 1. The van der Waals surface area contributed by atoms with Crippen LogP contribution in [-0.2, 0) is 22.7 Å². The molecule has 0 radical (unpaired) electrons. The highest BCUT2D eigenvalue weighted by Gasteiger charge is 2.34. The zero-order valence-electron chi connectivity index (χ0n) is 20.5. The van der Waals surface area contributed by atoms with Gasteiger partial charge in [-0.25, -0.2) is 8.42 Å². The number of amides is 1. The van der Waals surface area contributed by atoms with Gasteiger partial charge < -0.3 is 5.32 Å². The van der Waals surface area contributed by atoms with Crippen molar-refractivity contribution in [3.8, 4) is 0 Å². The van der Waals surface area contributed by atoms with Gasteiger partial charge in [0.05, 0.1) is 29.4 Å².